The van der Waals surface area contributed by atoms with Gasteiger partial charge in [0.05, 0.1) is 34.6 Å². The monoisotopic (exact) mass is 501 g/mol. The van der Waals surface area contributed by atoms with Gasteiger partial charge in [0.2, 0.25) is 0 Å². The van der Waals surface area contributed by atoms with E-state index in [1.54, 1.807) is 18.5 Å². The van der Waals surface area contributed by atoms with E-state index in [0.29, 0.717) is 17.0 Å². The van der Waals surface area contributed by atoms with Crippen molar-refractivity contribution in [1.82, 2.24) is 30.1 Å². The molecule has 8 heteroatoms. The first kappa shape index (κ1) is 22.4. The van der Waals surface area contributed by atoms with Crippen molar-refractivity contribution in [2.45, 2.75) is 19.3 Å². The van der Waals surface area contributed by atoms with Crippen molar-refractivity contribution in [2.24, 2.45) is 5.92 Å². The molecule has 2 aromatic carbocycles. The van der Waals surface area contributed by atoms with Gasteiger partial charge < -0.3 is 10.3 Å². The van der Waals surface area contributed by atoms with Gasteiger partial charge in [-0.05, 0) is 66.6 Å². The third-order valence-electron chi connectivity index (χ3n) is 6.94. The van der Waals surface area contributed by atoms with Crippen molar-refractivity contribution >= 4 is 27.6 Å². The smallest absolute Gasteiger partial charge is 0.159 e. The average molecular weight is 502 g/mol. The topological polar surface area (TPSA) is 95.2 Å². The number of halogens is 1. The van der Waals surface area contributed by atoms with E-state index >= 15 is 0 Å². The lowest BCUT2D eigenvalue weighted by Crippen LogP contribution is -1.99. The average Bonchev–Trinajstić information content (AvgIpc) is 3.46. The van der Waals surface area contributed by atoms with Crippen LogP contribution in [-0.2, 0) is 0 Å². The molecule has 1 aliphatic carbocycles. The summed E-state index contributed by atoms with van der Waals surface area (Å²) in [5, 5.41) is 12.0. The van der Waals surface area contributed by atoms with E-state index in [1.807, 2.05) is 24.5 Å². The molecule has 7 nitrogen and oxygen atoms in total. The third kappa shape index (κ3) is 4.20. The number of hydrogen-bond acceptors (Lipinski definition) is 5. The van der Waals surface area contributed by atoms with Crippen molar-refractivity contribution in [3.8, 4) is 33.8 Å². The molecule has 4 aromatic heterocycles. The molecule has 186 valence electrons. The molecule has 0 amide bonds. The van der Waals surface area contributed by atoms with Crippen LogP contribution in [-0.4, -0.2) is 30.1 Å². The summed E-state index contributed by atoms with van der Waals surface area (Å²) >= 11 is 0. The van der Waals surface area contributed by atoms with Gasteiger partial charge in [0.15, 0.2) is 5.82 Å². The van der Waals surface area contributed by atoms with Crippen molar-refractivity contribution < 1.29 is 4.39 Å². The Morgan fingerprint density at radius 3 is 2.71 bits per heavy atom. The molecule has 6 aromatic rings. The molecule has 1 fully saturated rings. The number of imidazole rings is 1. The number of aromatic nitrogens is 6. The Morgan fingerprint density at radius 2 is 1.84 bits per heavy atom. The predicted octanol–water partition coefficient (Wildman–Crippen LogP) is 7.10. The molecular weight excluding hydrogens is 477 g/mol. The van der Waals surface area contributed by atoms with Gasteiger partial charge in [0, 0.05) is 34.6 Å². The molecular formula is C30H24FN7. The summed E-state index contributed by atoms with van der Waals surface area (Å²) < 4.78 is 13.9. The van der Waals surface area contributed by atoms with Crippen LogP contribution in [0, 0.1) is 11.7 Å². The second-order valence-electron chi connectivity index (χ2n) is 9.85. The lowest BCUT2D eigenvalue weighted by molar-refractivity contribution is 0.628. The van der Waals surface area contributed by atoms with E-state index in [-0.39, 0.29) is 5.82 Å². The van der Waals surface area contributed by atoms with E-state index in [1.165, 1.54) is 25.0 Å². The van der Waals surface area contributed by atoms with Crippen LogP contribution in [0.3, 0.4) is 0 Å². The van der Waals surface area contributed by atoms with Crippen LogP contribution in [0.1, 0.15) is 19.3 Å². The largest absolute Gasteiger partial charge is 0.358 e. The van der Waals surface area contributed by atoms with E-state index < -0.39 is 0 Å². The first-order valence-corrected chi connectivity index (χ1v) is 12.6. The Labute approximate surface area is 217 Å². The third-order valence-corrected chi connectivity index (χ3v) is 6.94. The molecule has 0 aliphatic heterocycles. The fourth-order valence-corrected chi connectivity index (χ4v) is 4.88. The number of aromatic amines is 2. The molecule has 7 rings (SSSR count). The van der Waals surface area contributed by atoms with Crippen molar-refractivity contribution in [3.05, 3.63) is 91.4 Å². The summed E-state index contributed by atoms with van der Waals surface area (Å²) in [6.07, 6.45) is 10.7. The number of H-pyrrole nitrogens is 2. The zero-order chi connectivity index (χ0) is 25.6. The quantitative estimate of drug-likeness (QED) is 0.217. The Bertz CT molecular complexity index is 1830. The zero-order valence-corrected chi connectivity index (χ0v) is 20.5. The lowest BCUT2D eigenvalue weighted by Gasteiger charge is -2.10. The molecule has 3 N–H and O–H groups in total. The Balaban J connectivity index is 1.25. The summed E-state index contributed by atoms with van der Waals surface area (Å²) in [5.74, 6) is 1.08. The number of pyridine rings is 2. The van der Waals surface area contributed by atoms with Crippen molar-refractivity contribution in [2.75, 3.05) is 5.32 Å². The fourth-order valence-electron chi connectivity index (χ4n) is 4.88. The van der Waals surface area contributed by atoms with Crippen LogP contribution in [0.4, 0.5) is 10.1 Å². The Hall–Kier alpha value is -4.85. The predicted molar refractivity (Wildman–Crippen MR) is 148 cm³/mol. The molecule has 0 radical (unpaired) electrons. The number of fused-ring (bicyclic) bond motifs is 2. The molecule has 0 spiro atoms. The highest BCUT2D eigenvalue weighted by Gasteiger charge is 2.22. The van der Waals surface area contributed by atoms with E-state index in [2.05, 4.69) is 55.2 Å². The van der Waals surface area contributed by atoms with Crippen molar-refractivity contribution in [3.63, 3.8) is 0 Å². The molecule has 0 unspecified atom stereocenters. The standard InChI is InChI=1S/C30H24FN7/c1-17(9-18-5-6-18)34-23-11-21(13-32-14-23)19-7-8-26-24(12-19)29(38-37-26)30-35-27-16-33-15-25(28(27)36-30)20-3-2-4-22(31)10-20/h2-4,7-8,10-16,18,34H,1,5-6,9H2,(H,35,36)(H,37,38). The first-order chi connectivity index (χ1) is 18.6. The highest BCUT2D eigenvalue weighted by Crippen LogP contribution is 2.36. The SMILES string of the molecule is C=C(CC1CC1)Nc1cncc(-c2ccc3[nH]nc(-c4nc5c(-c6cccc(F)c6)cncc5[nH]4)c3c2)c1. The van der Waals surface area contributed by atoms with Crippen LogP contribution in [0.5, 0.6) is 0 Å². The highest BCUT2D eigenvalue weighted by atomic mass is 19.1. The fraction of sp³-hybridized carbons (Fsp3) is 0.133. The number of anilines is 1. The first-order valence-electron chi connectivity index (χ1n) is 12.6. The van der Waals surface area contributed by atoms with Crippen LogP contribution in [0.15, 0.2) is 85.6 Å². The molecule has 0 saturated heterocycles. The Kier molecular flexibility index (Phi) is 5.25. The minimum Gasteiger partial charge on any atom is -0.358 e. The maximum absolute atomic E-state index is 13.9. The van der Waals surface area contributed by atoms with E-state index in [9.17, 15) is 4.39 Å². The maximum Gasteiger partial charge on any atom is 0.159 e. The number of nitrogens with zero attached hydrogens (tertiary/aromatic N) is 4. The van der Waals surface area contributed by atoms with Gasteiger partial charge in [-0.2, -0.15) is 5.10 Å². The summed E-state index contributed by atoms with van der Waals surface area (Å²) in [4.78, 5) is 17.0. The number of hydrogen-bond donors (Lipinski definition) is 3. The highest BCUT2D eigenvalue weighted by molar-refractivity contribution is 5.98. The number of benzene rings is 2. The number of allylic oxidation sites excluding steroid dienone is 1. The molecule has 1 saturated carbocycles. The van der Waals surface area contributed by atoms with Gasteiger partial charge in [-0.25, -0.2) is 9.37 Å². The second-order valence-corrected chi connectivity index (χ2v) is 9.85. The van der Waals surface area contributed by atoms with Crippen molar-refractivity contribution in [1.29, 1.82) is 0 Å². The van der Waals surface area contributed by atoms with Crippen LogP contribution in [0.2, 0.25) is 0 Å². The minimum absolute atomic E-state index is 0.304. The minimum atomic E-state index is -0.304. The van der Waals surface area contributed by atoms with Gasteiger partial charge in [-0.3, -0.25) is 15.1 Å². The second kappa shape index (κ2) is 8.92. The summed E-state index contributed by atoms with van der Waals surface area (Å²) in [7, 11) is 0. The Morgan fingerprint density at radius 1 is 0.947 bits per heavy atom. The summed E-state index contributed by atoms with van der Waals surface area (Å²) in [6.45, 7) is 4.17. The maximum atomic E-state index is 13.9. The van der Waals surface area contributed by atoms with E-state index in [0.717, 1.165) is 62.4 Å². The summed E-state index contributed by atoms with van der Waals surface area (Å²) in [6, 6.07) is 14.7. The molecule has 1 aliphatic rings. The van der Waals surface area contributed by atoms with Gasteiger partial charge in [-0.15, -0.1) is 0 Å². The van der Waals surface area contributed by atoms with Gasteiger partial charge >= 0.3 is 0 Å². The number of rotatable bonds is 7. The molecule has 0 atom stereocenters. The zero-order valence-electron chi connectivity index (χ0n) is 20.5. The van der Waals surface area contributed by atoms with Crippen LogP contribution >= 0.6 is 0 Å². The molecule has 4 heterocycles. The van der Waals surface area contributed by atoms with Crippen LogP contribution in [0.25, 0.3) is 55.7 Å². The summed E-state index contributed by atoms with van der Waals surface area (Å²) in [5.41, 5.74) is 8.49. The van der Waals surface area contributed by atoms with Crippen LogP contribution < -0.4 is 5.32 Å². The van der Waals surface area contributed by atoms with Gasteiger partial charge in [0.25, 0.3) is 0 Å². The van der Waals surface area contributed by atoms with Gasteiger partial charge in [-0.1, -0.05) is 24.8 Å². The lowest BCUT2D eigenvalue weighted by atomic mass is 10.0. The number of nitrogens with one attached hydrogen (secondary N) is 3. The normalized spacial score (nSPS) is 13.3. The molecule has 0 bridgehead atoms. The van der Waals surface area contributed by atoms with Gasteiger partial charge in [0.1, 0.15) is 11.5 Å². The molecule has 38 heavy (non-hydrogen) atoms. The van der Waals surface area contributed by atoms with E-state index in [4.69, 9.17) is 4.98 Å².